The fourth-order valence-electron chi connectivity index (χ4n) is 3.28. The molecule has 0 N–H and O–H groups in total. The third-order valence-corrected chi connectivity index (χ3v) is 4.95. The van der Waals surface area contributed by atoms with Crippen LogP contribution < -0.4 is 4.74 Å². The van der Waals surface area contributed by atoms with Crippen molar-refractivity contribution in [3.63, 3.8) is 0 Å². The number of hydrogen-bond acceptors (Lipinski definition) is 5. The average Bonchev–Trinajstić information content (AvgIpc) is 2.80. The van der Waals surface area contributed by atoms with Crippen molar-refractivity contribution in [3.8, 4) is 28.0 Å². The van der Waals surface area contributed by atoms with E-state index in [4.69, 9.17) is 18.9 Å². The summed E-state index contributed by atoms with van der Waals surface area (Å²) >= 11 is 0. The van der Waals surface area contributed by atoms with Crippen molar-refractivity contribution in [1.29, 1.82) is 0 Å². The Hall–Kier alpha value is -2.73. The van der Waals surface area contributed by atoms with Crippen LogP contribution in [0.1, 0.15) is 11.1 Å². The molecule has 2 aromatic carbocycles. The van der Waals surface area contributed by atoms with E-state index in [0.29, 0.717) is 39.6 Å². The minimum atomic E-state index is 0.494. The third-order valence-electron chi connectivity index (χ3n) is 4.95. The predicted molar refractivity (Wildman–Crippen MR) is 124 cm³/mol. The van der Waals surface area contributed by atoms with Crippen LogP contribution in [0.15, 0.2) is 60.9 Å². The molecule has 3 aromatic rings. The summed E-state index contributed by atoms with van der Waals surface area (Å²) in [5.74, 6) is 0.874. The lowest BCUT2D eigenvalue weighted by Gasteiger charge is -2.15. The smallest absolute Gasteiger partial charge is 0.122 e. The zero-order chi connectivity index (χ0) is 21.9. The number of nitrogens with zero attached hydrogens (tertiary/aromatic N) is 1. The molecule has 0 aliphatic rings. The zero-order valence-corrected chi connectivity index (χ0v) is 18.6. The quantitative estimate of drug-likeness (QED) is 0.381. The maximum Gasteiger partial charge on any atom is 0.122 e. The number of methoxy groups -OCH3 is 1. The first kappa shape index (κ1) is 22.9. The molecule has 0 saturated heterocycles. The van der Waals surface area contributed by atoms with Crippen LogP contribution in [0.4, 0.5) is 0 Å². The summed E-state index contributed by atoms with van der Waals surface area (Å²) in [5.41, 5.74) is 6.96. The number of pyridine rings is 1. The molecule has 0 atom stereocenters. The van der Waals surface area contributed by atoms with Gasteiger partial charge in [0, 0.05) is 19.5 Å². The number of benzene rings is 2. The van der Waals surface area contributed by atoms with Crippen LogP contribution in [0, 0.1) is 13.8 Å². The molecular formula is C26H31NO4. The lowest BCUT2D eigenvalue weighted by molar-refractivity contribution is 0.0179. The van der Waals surface area contributed by atoms with E-state index in [-0.39, 0.29) is 0 Å². The highest BCUT2D eigenvalue weighted by molar-refractivity contribution is 5.84. The Morgan fingerprint density at radius 2 is 1.39 bits per heavy atom. The van der Waals surface area contributed by atoms with Crippen LogP contribution in [-0.2, 0) is 14.2 Å². The summed E-state index contributed by atoms with van der Waals surface area (Å²) in [7, 11) is 1.66. The topological polar surface area (TPSA) is 49.8 Å². The molecule has 0 spiro atoms. The Labute approximate surface area is 185 Å². The van der Waals surface area contributed by atoms with Gasteiger partial charge in [0.1, 0.15) is 12.4 Å². The van der Waals surface area contributed by atoms with E-state index >= 15 is 0 Å². The first-order valence-corrected chi connectivity index (χ1v) is 10.6. The number of hydrogen-bond donors (Lipinski definition) is 0. The minimum Gasteiger partial charge on any atom is -0.491 e. The van der Waals surface area contributed by atoms with Gasteiger partial charge >= 0.3 is 0 Å². The van der Waals surface area contributed by atoms with Crippen molar-refractivity contribution in [2.45, 2.75) is 13.8 Å². The first-order chi connectivity index (χ1) is 15.2. The summed E-state index contributed by atoms with van der Waals surface area (Å²) in [6.45, 7) is 7.47. The molecule has 0 unspecified atom stereocenters. The summed E-state index contributed by atoms with van der Waals surface area (Å²) in [6.07, 6.45) is 3.65. The molecule has 0 aliphatic heterocycles. The van der Waals surface area contributed by atoms with Crippen LogP contribution in [0.25, 0.3) is 22.3 Å². The Morgan fingerprint density at radius 3 is 2.13 bits per heavy atom. The van der Waals surface area contributed by atoms with Gasteiger partial charge in [-0.25, -0.2) is 0 Å². The van der Waals surface area contributed by atoms with E-state index in [9.17, 15) is 0 Å². The maximum atomic E-state index is 6.02. The molecule has 0 aliphatic carbocycles. The fourth-order valence-corrected chi connectivity index (χ4v) is 3.28. The normalized spacial score (nSPS) is 10.9. The monoisotopic (exact) mass is 421 g/mol. The molecule has 0 saturated carbocycles. The summed E-state index contributed by atoms with van der Waals surface area (Å²) in [6, 6.07) is 17.0. The van der Waals surface area contributed by atoms with Crippen molar-refractivity contribution in [1.82, 2.24) is 4.98 Å². The highest BCUT2D eigenvalue weighted by Crippen LogP contribution is 2.35. The molecule has 1 aromatic heterocycles. The fraction of sp³-hybridized carbons (Fsp3) is 0.346. The highest BCUT2D eigenvalue weighted by Gasteiger charge is 2.10. The van der Waals surface area contributed by atoms with Gasteiger partial charge in [-0.2, -0.15) is 0 Å². The van der Waals surface area contributed by atoms with Crippen molar-refractivity contribution in [2.24, 2.45) is 0 Å². The van der Waals surface area contributed by atoms with Gasteiger partial charge in [0.25, 0.3) is 0 Å². The molecule has 5 heteroatoms. The molecule has 0 bridgehead atoms. The predicted octanol–water partition coefficient (Wildman–Crippen LogP) is 5.09. The lowest BCUT2D eigenvalue weighted by Crippen LogP contribution is -2.12. The minimum absolute atomic E-state index is 0.494. The van der Waals surface area contributed by atoms with Crippen molar-refractivity contribution >= 4 is 0 Å². The van der Waals surface area contributed by atoms with E-state index in [1.807, 2.05) is 24.5 Å². The van der Waals surface area contributed by atoms with Crippen LogP contribution in [0.5, 0.6) is 5.75 Å². The van der Waals surface area contributed by atoms with Crippen LogP contribution in [0.3, 0.4) is 0 Å². The largest absolute Gasteiger partial charge is 0.491 e. The van der Waals surface area contributed by atoms with Crippen LogP contribution in [0.2, 0.25) is 0 Å². The molecule has 1 heterocycles. The Kier molecular flexibility index (Phi) is 9.03. The average molecular weight is 422 g/mol. The first-order valence-electron chi connectivity index (χ1n) is 10.6. The molecule has 31 heavy (non-hydrogen) atoms. The second kappa shape index (κ2) is 12.2. The van der Waals surface area contributed by atoms with Crippen molar-refractivity contribution < 1.29 is 18.9 Å². The van der Waals surface area contributed by atoms with E-state index < -0.39 is 0 Å². The summed E-state index contributed by atoms with van der Waals surface area (Å²) in [5, 5.41) is 0. The Bertz CT molecular complexity index is 943. The molecule has 5 nitrogen and oxygen atoms in total. The van der Waals surface area contributed by atoms with Crippen LogP contribution >= 0.6 is 0 Å². The molecular weight excluding hydrogens is 390 g/mol. The van der Waals surface area contributed by atoms with E-state index in [1.165, 1.54) is 16.7 Å². The van der Waals surface area contributed by atoms with Gasteiger partial charge in [-0.15, -0.1) is 0 Å². The second-order valence-corrected chi connectivity index (χ2v) is 7.33. The van der Waals surface area contributed by atoms with E-state index in [2.05, 4.69) is 55.2 Å². The Morgan fingerprint density at radius 1 is 0.677 bits per heavy atom. The molecule has 3 rings (SSSR count). The van der Waals surface area contributed by atoms with Gasteiger partial charge in [-0.1, -0.05) is 35.9 Å². The molecule has 164 valence electrons. The molecule has 0 radical (unpaired) electrons. The highest BCUT2D eigenvalue weighted by atomic mass is 16.6. The zero-order valence-electron chi connectivity index (χ0n) is 18.6. The van der Waals surface area contributed by atoms with Crippen molar-refractivity contribution in [2.75, 3.05) is 46.8 Å². The third kappa shape index (κ3) is 6.89. The number of aryl methyl sites for hydroxylation is 2. The second-order valence-electron chi connectivity index (χ2n) is 7.33. The lowest BCUT2D eigenvalue weighted by atomic mass is 9.93. The standard InChI is InChI=1S/C26H31NO4/c1-20-4-7-24(25(18-20)22-8-10-27-11-9-22)23-6-5-21(2)26(19-23)31-17-16-30-15-14-29-13-12-28-3/h4-11,18-19H,12-17H2,1-3H3. The van der Waals surface area contributed by atoms with Gasteiger partial charge in [0.05, 0.1) is 33.0 Å². The SMILES string of the molecule is COCCOCCOCCOc1cc(-c2ccc(C)cc2-c2ccncc2)ccc1C. The van der Waals surface area contributed by atoms with Gasteiger partial charge in [-0.05, 0) is 59.9 Å². The molecule has 0 amide bonds. The Balaban J connectivity index is 1.64. The van der Waals surface area contributed by atoms with E-state index in [1.54, 1.807) is 7.11 Å². The van der Waals surface area contributed by atoms with Crippen molar-refractivity contribution in [3.05, 3.63) is 72.1 Å². The van der Waals surface area contributed by atoms with Crippen LogP contribution in [-0.4, -0.2) is 51.7 Å². The van der Waals surface area contributed by atoms with Gasteiger partial charge in [-0.3, -0.25) is 4.98 Å². The van der Waals surface area contributed by atoms with Gasteiger partial charge in [0.2, 0.25) is 0 Å². The number of rotatable bonds is 12. The maximum absolute atomic E-state index is 6.02. The van der Waals surface area contributed by atoms with E-state index in [0.717, 1.165) is 22.4 Å². The number of aromatic nitrogens is 1. The summed E-state index contributed by atoms with van der Waals surface area (Å²) in [4.78, 5) is 4.15. The molecule has 0 fully saturated rings. The van der Waals surface area contributed by atoms with Gasteiger partial charge < -0.3 is 18.9 Å². The summed E-state index contributed by atoms with van der Waals surface area (Å²) < 4.78 is 21.9. The number of ether oxygens (including phenoxy) is 4. The van der Waals surface area contributed by atoms with Gasteiger partial charge in [0.15, 0.2) is 0 Å².